The lowest BCUT2D eigenvalue weighted by molar-refractivity contribution is -0.134. The summed E-state index contributed by atoms with van der Waals surface area (Å²) in [4.78, 5) is 5.84. The fourth-order valence-electron chi connectivity index (χ4n) is 3.25. The van der Waals surface area contributed by atoms with Crippen LogP contribution in [0, 0.1) is 0 Å². The first kappa shape index (κ1) is 20.1. The minimum atomic E-state index is -4.42. The molecule has 0 spiro atoms. The second-order valence-corrected chi connectivity index (χ2v) is 9.99. The Kier molecular flexibility index (Phi) is 5.03. The summed E-state index contributed by atoms with van der Waals surface area (Å²) in [5.41, 5.74) is 0.769. The molecule has 0 atom stereocenters. The van der Waals surface area contributed by atoms with E-state index >= 15 is 0 Å². The standard InChI is InChI=1S/C17H18F3N5O2S2/c1-24-8-6-11(7-9-24)29(26,27)23-15-4-5-16-21-10-12(25(16)22-15)13-2-3-14(28-13)17(18,19)20/h2-5,10-11H,6-9H2,1H3,(H,22,23). The zero-order valence-electron chi connectivity index (χ0n) is 15.3. The highest BCUT2D eigenvalue weighted by Gasteiger charge is 2.33. The molecule has 1 aliphatic heterocycles. The van der Waals surface area contributed by atoms with Gasteiger partial charge >= 0.3 is 6.18 Å². The molecule has 3 aromatic rings. The molecular formula is C17H18F3N5O2S2. The third kappa shape index (κ3) is 4.09. The number of rotatable bonds is 4. The van der Waals surface area contributed by atoms with Crippen molar-refractivity contribution in [3.8, 4) is 10.6 Å². The van der Waals surface area contributed by atoms with Gasteiger partial charge in [-0.2, -0.15) is 13.2 Å². The predicted molar refractivity (Wildman–Crippen MR) is 104 cm³/mol. The number of nitrogens with one attached hydrogen (secondary N) is 1. The number of nitrogens with zero attached hydrogens (tertiary/aromatic N) is 4. The van der Waals surface area contributed by atoms with E-state index in [0.717, 1.165) is 6.07 Å². The van der Waals surface area contributed by atoms with Gasteiger partial charge in [0.2, 0.25) is 10.0 Å². The van der Waals surface area contributed by atoms with Crippen molar-refractivity contribution in [2.24, 2.45) is 0 Å². The Morgan fingerprint density at radius 1 is 1.17 bits per heavy atom. The number of hydrogen-bond acceptors (Lipinski definition) is 6. The zero-order valence-corrected chi connectivity index (χ0v) is 17.0. The van der Waals surface area contributed by atoms with Gasteiger partial charge in [-0.25, -0.2) is 17.9 Å². The fraction of sp³-hybridized carbons (Fsp3) is 0.412. The van der Waals surface area contributed by atoms with Gasteiger partial charge in [-0.05, 0) is 57.2 Å². The summed E-state index contributed by atoms with van der Waals surface area (Å²) in [6.07, 6.45) is -1.95. The van der Waals surface area contributed by atoms with Gasteiger partial charge in [-0.15, -0.1) is 16.4 Å². The molecule has 0 saturated carbocycles. The molecule has 4 rings (SSSR count). The summed E-state index contributed by atoms with van der Waals surface area (Å²) in [5, 5.41) is 3.75. The van der Waals surface area contributed by atoms with E-state index in [1.165, 1.54) is 22.8 Å². The molecule has 1 aliphatic rings. The molecular weight excluding hydrogens is 427 g/mol. The monoisotopic (exact) mass is 445 g/mol. The number of sulfonamides is 1. The summed E-state index contributed by atoms with van der Waals surface area (Å²) in [6.45, 7) is 1.40. The molecule has 4 heterocycles. The molecule has 156 valence electrons. The van der Waals surface area contributed by atoms with Crippen molar-refractivity contribution in [3.63, 3.8) is 0 Å². The van der Waals surface area contributed by atoms with Crippen molar-refractivity contribution in [2.45, 2.75) is 24.3 Å². The maximum Gasteiger partial charge on any atom is 0.425 e. The van der Waals surface area contributed by atoms with Gasteiger partial charge in [-0.3, -0.25) is 4.72 Å². The fourth-order valence-corrected chi connectivity index (χ4v) is 5.51. The molecule has 12 heteroatoms. The SMILES string of the molecule is CN1CCC(S(=O)(=O)Nc2ccc3ncc(-c4ccc(C(F)(F)F)s4)n3n2)CC1. The second kappa shape index (κ2) is 7.26. The third-order valence-corrected chi connectivity index (χ3v) is 7.85. The van der Waals surface area contributed by atoms with Gasteiger partial charge in [0.25, 0.3) is 0 Å². The number of fused-ring (bicyclic) bond motifs is 1. The Hall–Kier alpha value is -2.18. The van der Waals surface area contributed by atoms with Crippen molar-refractivity contribution in [1.29, 1.82) is 0 Å². The molecule has 1 saturated heterocycles. The van der Waals surface area contributed by atoms with E-state index in [-0.39, 0.29) is 5.82 Å². The van der Waals surface area contributed by atoms with Gasteiger partial charge in [0.05, 0.1) is 16.3 Å². The van der Waals surface area contributed by atoms with Crippen LogP contribution in [0.3, 0.4) is 0 Å². The van der Waals surface area contributed by atoms with Gasteiger partial charge < -0.3 is 4.90 Å². The number of likely N-dealkylation sites (tertiary alicyclic amines) is 1. The summed E-state index contributed by atoms with van der Waals surface area (Å²) in [7, 11) is -1.68. The Bertz CT molecular complexity index is 1130. The van der Waals surface area contributed by atoms with Crippen LogP contribution in [-0.4, -0.2) is 53.3 Å². The van der Waals surface area contributed by atoms with Gasteiger partial charge in [0.1, 0.15) is 10.6 Å². The number of aromatic nitrogens is 3. The summed E-state index contributed by atoms with van der Waals surface area (Å²) in [6, 6.07) is 5.43. The Labute approximate surface area is 169 Å². The highest BCUT2D eigenvalue weighted by atomic mass is 32.2. The lowest BCUT2D eigenvalue weighted by Gasteiger charge is -2.28. The molecule has 0 aliphatic carbocycles. The average molecular weight is 445 g/mol. The highest BCUT2D eigenvalue weighted by molar-refractivity contribution is 7.93. The average Bonchev–Trinajstić information content (AvgIpc) is 3.27. The van der Waals surface area contributed by atoms with E-state index < -0.39 is 26.3 Å². The number of piperidine rings is 1. The molecule has 0 bridgehead atoms. The van der Waals surface area contributed by atoms with Crippen molar-refractivity contribution < 1.29 is 21.6 Å². The number of alkyl halides is 3. The van der Waals surface area contributed by atoms with Gasteiger partial charge in [0, 0.05) is 0 Å². The molecule has 1 fully saturated rings. The van der Waals surface area contributed by atoms with Crippen molar-refractivity contribution in [1.82, 2.24) is 19.5 Å². The molecule has 0 radical (unpaired) electrons. The van der Waals surface area contributed by atoms with Crippen LogP contribution in [-0.2, 0) is 16.2 Å². The lowest BCUT2D eigenvalue weighted by Crippen LogP contribution is -2.39. The molecule has 29 heavy (non-hydrogen) atoms. The van der Waals surface area contributed by atoms with E-state index in [2.05, 4.69) is 19.7 Å². The minimum Gasteiger partial charge on any atom is -0.306 e. The lowest BCUT2D eigenvalue weighted by atomic mass is 10.1. The molecule has 3 aromatic heterocycles. The van der Waals surface area contributed by atoms with E-state index in [1.807, 2.05) is 7.05 Å². The quantitative estimate of drug-likeness (QED) is 0.667. The highest BCUT2D eigenvalue weighted by Crippen LogP contribution is 2.38. The summed E-state index contributed by atoms with van der Waals surface area (Å²) >= 11 is 0.585. The Balaban J connectivity index is 1.63. The number of anilines is 1. The maximum atomic E-state index is 12.9. The topological polar surface area (TPSA) is 79.6 Å². The van der Waals surface area contributed by atoms with Gasteiger partial charge in [0.15, 0.2) is 11.5 Å². The molecule has 0 aromatic carbocycles. The molecule has 0 unspecified atom stereocenters. The second-order valence-electron chi connectivity index (χ2n) is 6.94. The van der Waals surface area contributed by atoms with Crippen LogP contribution < -0.4 is 4.72 Å². The first-order valence-corrected chi connectivity index (χ1v) is 11.2. The van der Waals surface area contributed by atoms with Crippen LogP contribution in [0.4, 0.5) is 19.0 Å². The number of hydrogen-bond donors (Lipinski definition) is 1. The number of halogens is 3. The summed E-state index contributed by atoms with van der Waals surface area (Å²) in [5.74, 6) is 0.100. The van der Waals surface area contributed by atoms with Crippen molar-refractivity contribution in [2.75, 3.05) is 24.9 Å². The largest absolute Gasteiger partial charge is 0.425 e. The first-order valence-electron chi connectivity index (χ1n) is 8.86. The van der Waals surface area contributed by atoms with Crippen LogP contribution in [0.1, 0.15) is 17.7 Å². The third-order valence-electron chi connectivity index (χ3n) is 4.85. The first-order chi connectivity index (χ1) is 13.6. The van der Waals surface area contributed by atoms with Crippen LogP contribution in [0.5, 0.6) is 0 Å². The smallest absolute Gasteiger partial charge is 0.306 e. The maximum absolute atomic E-state index is 12.9. The van der Waals surface area contributed by atoms with Crippen LogP contribution >= 0.6 is 11.3 Å². The number of imidazole rings is 1. The number of thiophene rings is 1. The van der Waals surface area contributed by atoms with E-state index in [0.29, 0.717) is 53.5 Å². The van der Waals surface area contributed by atoms with Crippen LogP contribution in [0.2, 0.25) is 0 Å². The van der Waals surface area contributed by atoms with E-state index in [4.69, 9.17) is 0 Å². The molecule has 1 N–H and O–H groups in total. The Morgan fingerprint density at radius 2 is 1.90 bits per heavy atom. The van der Waals surface area contributed by atoms with Crippen LogP contribution in [0.25, 0.3) is 16.2 Å². The Morgan fingerprint density at radius 3 is 2.55 bits per heavy atom. The van der Waals surface area contributed by atoms with Gasteiger partial charge in [-0.1, -0.05) is 0 Å². The zero-order chi connectivity index (χ0) is 20.8. The molecule has 0 amide bonds. The molecule has 7 nitrogen and oxygen atoms in total. The van der Waals surface area contributed by atoms with E-state index in [1.54, 1.807) is 6.07 Å². The normalized spacial score (nSPS) is 17.1. The minimum absolute atomic E-state index is 0.100. The van der Waals surface area contributed by atoms with Crippen molar-refractivity contribution >= 4 is 32.8 Å². The summed E-state index contributed by atoms with van der Waals surface area (Å²) < 4.78 is 67.9. The predicted octanol–water partition coefficient (Wildman–Crippen LogP) is 3.31. The van der Waals surface area contributed by atoms with E-state index in [9.17, 15) is 21.6 Å². The van der Waals surface area contributed by atoms with Crippen molar-refractivity contribution in [3.05, 3.63) is 35.3 Å². The van der Waals surface area contributed by atoms with Crippen LogP contribution in [0.15, 0.2) is 30.5 Å².